The average molecular weight is 445 g/mol. The molecule has 1 heterocycles. The average Bonchev–Trinajstić information content (AvgIpc) is 3.23. The summed E-state index contributed by atoms with van der Waals surface area (Å²) in [5.41, 5.74) is 2.00. The minimum atomic E-state index is -0.317. The monoisotopic (exact) mass is 444 g/mol. The number of carbonyl (C=O) groups excluding carboxylic acids is 2. The fourth-order valence-corrected chi connectivity index (χ4v) is 4.80. The first-order valence-corrected chi connectivity index (χ1v) is 11.8. The summed E-state index contributed by atoms with van der Waals surface area (Å²) in [7, 11) is 2.13. The molecule has 0 aliphatic heterocycles. The van der Waals surface area contributed by atoms with Crippen molar-refractivity contribution in [1.82, 2.24) is 20.1 Å². The van der Waals surface area contributed by atoms with Crippen molar-refractivity contribution in [2.45, 2.75) is 71.4 Å². The molecule has 0 spiro atoms. The molecule has 6 nitrogen and oxygen atoms in total. The van der Waals surface area contributed by atoms with E-state index in [9.17, 15) is 14.0 Å². The molecule has 7 heteroatoms. The highest BCUT2D eigenvalue weighted by atomic mass is 19.1. The summed E-state index contributed by atoms with van der Waals surface area (Å²) in [6.45, 7) is 8.16. The number of nitrogens with zero attached hydrogens (tertiary/aromatic N) is 2. The van der Waals surface area contributed by atoms with Crippen molar-refractivity contribution < 1.29 is 14.0 Å². The van der Waals surface area contributed by atoms with Gasteiger partial charge in [0.1, 0.15) is 11.5 Å². The maximum atomic E-state index is 14.1. The lowest BCUT2D eigenvalue weighted by Crippen LogP contribution is -2.45. The van der Waals surface area contributed by atoms with Crippen LogP contribution in [0.4, 0.5) is 4.39 Å². The molecular weight excluding hydrogens is 407 g/mol. The molecule has 2 amide bonds. The van der Waals surface area contributed by atoms with E-state index in [1.807, 2.05) is 11.8 Å². The second-order valence-corrected chi connectivity index (χ2v) is 9.17. The first-order valence-electron chi connectivity index (χ1n) is 11.8. The van der Waals surface area contributed by atoms with Crippen LogP contribution < -0.4 is 5.32 Å². The number of aromatic amines is 1. The van der Waals surface area contributed by atoms with E-state index in [0.717, 1.165) is 63.7 Å². The molecule has 32 heavy (non-hydrogen) atoms. The number of amides is 2. The van der Waals surface area contributed by atoms with Gasteiger partial charge in [0.25, 0.3) is 5.91 Å². The molecule has 2 N–H and O–H groups in total. The number of fused-ring (bicyclic) bond motifs is 1. The van der Waals surface area contributed by atoms with Crippen LogP contribution in [0.2, 0.25) is 0 Å². The van der Waals surface area contributed by atoms with Crippen molar-refractivity contribution in [1.29, 1.82) is 0 Å². The zero-order valence-corrected chi connectivity index (χ0v) is 19.8. The van der Waals surface area contributed by atoms with Gasteiger partial charge in [0, 0.05) is 37.5 Å². The summed E-state index contributed by atoms with van der Waals surface area (Å²) >= 11 is 0. The number of hydrogen-bond donors (Lipinski definition) is 2. The van der Waals surface area contributed by atoms with E-state index < -0.39 is 0 Å². The van der Waals surface area contributed by atoms with Gasteiger partial charge < -0.3 is 20.1 Å². The Hall–Kier alpha value is -2.41. The van der Waals surface area contributed by atoms with E-state index in [2.05, 4.69) is 29.2 Å². The number of nitrogens with one attached hydrogen (secondary N) is 2. The molecule has 0 bridgehead atoms. The first kappa shape index (κ1) is 24.2. The van der Waals surface area contributed by atoms with Crippen molar-refractivity contribution in [3.05, 3.63) is 35.3 Å². The lowest BCUT2D eigenvalue weighted by molar-refractivity contribution is -0.129. The summed E-state index contributed by atoms with van der Waals surface area (Å²) in [5, 5.41) is 3.61. The number of halogens is 1. The lowest BCUT2D eigenvalue weighted by Gasteiger charge is -2.36. The van der Waals surface area contributed by atoms with Crippen LogP contribution in [0, 0.1) is 12.7 Å². The van der Waals surface area contributed by atoms with Gasteiger partial charge in [-0.1, -0.05) is 13.0 Å². The third-order valence-electron chi connectivity index (χ3n) is 6.68. The van der Waals surface area contributed by atoms with Gasteiger partial charge in [-0.2, -0.15) is 0 Å². The molecular formula is C25H37FN4O2. The van der Waals surface area contributed by atoms with E-state index in [0.29, 0.717) is 22.6 Å². The number of H-pyrrole nitrogens is 1. The van der Waals surface area contributed by atoms with E-state index in [4.69, 9.17) is 0 Å². The fourth-order valence-electron chi connectivity index (χ4n) is 4.80. The van der Waals surface area contributed by atoms with Crippen molar-refractivity contribution in [2.24, 2.45) is 0 Å². The van der Waals surface area contributed by atoms with Crippen molar-refractivity contribution >= 4 is 22.7 Å². The predicted molar refractivity (Wildman–Crippen MR) is 126 cm³/mol. The third-order valence-corrected chi connectivity index (χ3v) is 6.68. The SMILES string of the molecule is CCCN(CCCN(C)[C@H]1CCC[C@@H](NC(=O)c2cc3c(F)ccc(C)c3[nH]2)C1)C(C)=O. The molecule has 1 aliphatic carbocycles. The molecule has 1 aromatic carbocycles. The summed E-state index contributed by atoms with van der Waals surface area (Å²) in [4.78, 5) is 31.9. The zero-order valence-electron chi connectivity index (χ0n) is 19.8. The Kier molecular flexibility index (Phi) is 8.29. The van der Waals surface area contributed by atoms with Gasteiger partial charge in [0.15, 0.2) is 0 Å². The summed E-state index contributed by atoms with van der Waals surface area (Å²) in [6.07, 6.45) is 5.96. The molecule has 0 saturated heterocycles. The Morgan fingerprint density at radius 2 is 2.00 bits per heavy atom. The summed E-state index contributed by atoms with van der Waals surface area (Å²) < 4.78 is 14.1. The van der Waals surface area contributed by atoms with E-state index in [-0.39, 0.29) is 23.7 Å². The molecule has 2 atom stereocenters. The van der Waals surface area contributed by atoms with Gasteiger partial charge in [-0.3, -0.25) is 9.59 Å². The van der Waals surface area contributed by atoms with Gasteiger partial charge in [0.2, 0.25) is 5.91 Å². The number of carbonyl (C=O) groups is 2. The Balaban J connectivity index is 1.53. The number of aromatic nitrogens is 1. The Morgan fingerprint density at radius 3 is 2.69 bits per heavy atom. The van der Waals surface area contributed by atoms with Crippen LogP contribution in [0.3, 0.4) is 0 Å². The van der Waals surface area contributed by atoms with Gasteiger partial charge in [-0.05, 0) is 76.7 Å². The molecule has 1 fully saturated rings. The largest absolute Gasteiger partial charge is 0.350 e. The van der Waals surface area contributed by atoms with E-state index >= 15 is 0 Å². The van der Waals surface area contributed by atoms with Gasteiger partial charge in [-0.15, -0.1) is 0 Å². The van der Waals surface area contributed by atoms with Gasteiger partial charge >= 0.3 is 0 Å². The van der Waals surface area contributed by atoms with Crippen LogP contribution in [-0.4, -0.2) is 65.4 Å². The molecule has 2 aromatic rings. The topological polar surface area (TPSA) is 68.4 Å². The maximum absolute atomic E-state index is 14.1. The molecule has 1 aromatic heterocycles. The highest BCUT2D eigenvalue weighted by Crippen LogP contribution is 2.25. The summed E-state index contributed by atoms with van der Waals surface area (Å²) in [5.74, 6) is -0.352. The Morgan fingerprint density at radius 1 is 1.22 bits per heavy atom. The molecule has 3 rings (SSSR count). The molecule has 0 radical (unpaired) electrons. The highest BCUT2D eigenvalue weighted by Gasteiger charge is 2.26. The number of hydrogen-bond acceptors (Lipinski definition) is 3. The van der Waals surface area contributed by atoms with E-state index in [1.54, 1.807) is 19.1 Å². The van der Waals surface area contributed by atoms with Crippen LogP contribution in [0.15, 0.2) is 18.2 Å². The normalized spacial score (nSPS) is 18.8. The van der Waals surface area contributed by atoms with Crippen LogP contribution in [0.1, 0.15) is 68.4 Å². The van der Waals surface area contributed by atoms with Crippen LogP contribution in [0.25, 0.3) is 10.9 Å². The maximum Gasteiger partial charge on any atom is 0.267 e. The minimum Gasteiger partial charge on any atom is -0.350 e. The Labute approximate surface area is 190 Å². The molecule has 0 unspecified atom stereocenters. The molecule has 176 valence electrons. The van der Waals surface area contributed by atoms with Crippen molar-refractivity contribution in [2.75, 3.05) is 26.7 Å². The number of rotatable bonds is 9. The number of benzene rings is 1. The highest BCUT2D eigenvalue weighted by molar-refractivity contribution is 5.99. The first-order chi connectivity index (χ1) is 15.3. The molecule has 1 aliphatic rings. The van der Waals surface area contributed by atoms with Crippen molar-refractivity contribution in [3.63, 3.8) is 0 Å². The zero-order chi connectivity index (χ0) is 23.3. The Bertz CT molecular complexity index is 902. The molecule has 1 saturated carbocycles. The fraction of sp³-hybridized carbons (Fsp3) is 0.600. The van der Waals surface area contributed by atoms with Crippen molar-refractivity contribution in [3.8, 4) is 0 Å². The standard InChI is InChI=1S/C25H37FN4O2/c1-5-12-30(18(3)31)14-7-13-29(4)20-9-6-8-19(15-20)27-25(32)23-16-21-22(26)11-10-17(2)24(21)28-23/h10-11,16,19-20,28H,5-9,12-15H2,1-4H3,(H,27,32)/t19-,20+/m1/s1. The second kappa shape index (κ2) is 10.9. The van der Waals surface area contributed by atoms with E-state index in [1.165, 1.54) is 6.07 Å². The predicted octanol–water partition coefficient (Wildman–Crippen LogP) is 4.24. The quantitative estimate of drug-likeness (QED) is 0.608. The van der Waals surface area contributed by atoms with Crippen LogP contribution >= 0.6 is 0 Å². The van der Waals surface area contributed by atoms with Crippen LogP contribution in [-0.2, 0) is 4.79 Å². The number of aryl methyl sites for hydroxylation is 1. The summed E-state index contributed by atoms with van der Waals surface area (Å²) in [6, 6.07) is 5.28. The van der Waals surface area contributed by atoms with Gasteiger partial charge in [-0.25, -0.2) is 4.39 Å². The lowest BCUT2D eigenvalue weighted by atomic mass is 9.90. The second-order valence-electron chi connectivity index (χ2n) is 9.17. The third kappa shape index (κ3) is 5.88. The van der Waals surface area contributed by atoms with Crippen LogP contribution in [0.5, 0.6) is 0 Å². The minimum absolute atomic E-state index is 0.106. The van der Waals surface area contributed by atoms with Gasteiger partial charge in [0.05, 0.1) is 5.52 Å². The smallest absolute Gasteiger partial charge is 0.267 e.